The van der Waals surface area contributed by atoms with E-state index in [0.29, 0.717) is 0 Å². The first kappa shape index (κ1) is 16.6. The van der Waals surface area contributed by atoms with Gasteiger partial charge in [-0.05, 0) is 0 Å². The Balaban J connectivity index is -0.0000000450. The van der Waals surface area contributed by atoms with Crippen molar-refractivity contribution in [3.8, 4) is 0 Å². The normalized spacial score (nSPS) is 4.00. The summed E-state index contributed by atoms with van der Waals surface area (Å²) < 4.78 is 0. The fourth-order valence-corrected chi connectivity index (χ4v) is 0. The Labute approximate surface area is 50.1 Å². The Bertz CT molecular complexity index is 33.8. The molecular weight excluding hydrogens is 115 g/mol. The van der Waals surface area contributed by atoms with E-state index in [2.05, 4.69) is 0 Å². The molecule has 4 radical (unpaired) electrons. The third-order valence-electron chi connectivity index (χ3n) is 0. The minimum absolute atomic E-state index is 0. The van der Waals surface area contributed by atoms with Crippen molar-refractivity contribution >= 4 is 34.5 Å². The molecule has 2 N–H and O–H groups in total. The van der Waals surface area contributed by atoms with Crippen LogP contribution in [-0.2, 0) is 0 Å². The Hall–Kier alpha value is 0.0194. The topological polar surface area (TPSA) is 57.5 Å². The van der Waals surface area contributed by atoms with Gasteiger partial charge in [0.2, 0.25) is 0 Å². The summed E-state index contributed by atoms with van der Waals surface area (Å²) in [6.07, 6.45) is -1.83. The van der Waals surface area contributed by atoms with Crippen molar-refractivity contribution in [1.82, 2.24) is 0 Å². The summed E-state index contributed by atoms with van der Waals surface area (Å²) in [4.78, 5) is 8.56. The second kappa shape index (κ2) is 8.89. The van der Waals surface area contributed by atoms with Crippen LogP contribution >= 0.6 is 0 Å². The zero-order valence-corrected chi connectivity index (χ0v) is 3.30. The van der Waals surface area contributed by atoms with Crippen LogP contribution in [0.3, 0.4) is 0 Å². The van der Waals surface area contributed by atoms with E-state index in [-0.39, 0.29) is 28.3 Å². The third-order valence-corrected chi connectivity index (χ3v) is 0. The van der Waals surface area contributed by atoms with E-state index in [1.54, 1.807) is 0 Å². The summed E-state index contributed by atoms with van der Waals surface area (Å²) in [6, 6.07) is 0. The molecule has 0 fully saturated rings. The zero-order chi connectivity index (χ0) is 3.58. The summed E-state index contributed by atoms with van der Waals surface area (Å²) in [5, 5.41) is 13.9. The maximum Gasteiger partial charge on any atom is 0.503 e. The summed E-state index contributed by atoms with van der Waals surface area (Å²) in [6.45, 7) is 0. The highest BCUT2D eigenvalue weighted by molar-refractivity contribution is 5.76. The molecule has 0 aromatic rings. The molecule has 0 aromatic heterocycles. The second-order valence-corrected chi connectivity index (χ2v) is 0.283. The van der Waals surface area contributed by atoms with Gasteiger partial charge in [-0.3, -0.25) is 0 Å². The van der Waals surface area contributed by atoms with Gasteiger partial charge in [-0.2, -0.15) is 0 Å². The summed E-state index contributed by atoms with van der Waals surface area (Å²) in [7, 11) is 0. The van der Waals surface area contributed by atoms with Gasteiger partial charge in [-0.15, -0.1) is 0 Å². The van der Waals surface area contributed by atoms with Crippen molar-refractivity contribution in [2.24, 2.45) is 0 Å². The smallest absolute Gasteiger partial charge is 0.450 e. The standard InChI is InChI=1S/CH2O3.Al.Si.3H/c2-1(3)4;;;;;/h(H2,2,3,4);;;;;. The molecule has 0 aliphatic rings. The molecule has 3 nitrogen and oxygen atoms in total. The van der Waals surface area contributed by atoms with Crippen molar-refractivity contribution in [3.63, 3.8) is 0 Å². The molecule has 0 saturated carbocycles. The fourth-order valence-electron chi connectivity index (χ4n) is 0. The predicted molar refractivity (Wildman–Crippen MR) is 26.3 cm³/mol. The Morgan fingerprint density at radius 2 is 1.33 bits per heavy atom. The molecule has 0 aliphatic carbocycles. The number of hydrogen-bond acceptors (Lipinski definition) is 1. The molecule has 5 heteroatoms. The van der Waals surface area contributed by atoms with Crippen LogP contribution in [-0.4, -0.2) is 44.7 Å². The van der Waals surface area contributed by atoms with Crippen LogP contribution in [0.5, 0.6) is 0 Å². The molecule has 0 unspecified atom stereocenters. The van der Waals surface area contributed by atoms with Gasteiger partial charge in [0.25, 0.3) is 0 Å². The zero-order valence-electron chi connectivity index (χ0n) is 2.30. The lowest BCUT2D eigenvalue weighted by atomic mass is 11.5. The van der Waals surface area contributed by atoms with Gasteiger partial charge in [0.15, 0.2) is 17.4 Å². The highest BCUT2D eigenvalue weighted by Gasteiger charge is 1.70. The van der Waals surface area contributed by atoms with Crippen LogP contribution in [0.4, 0.5) is 4.79 Å². The van der Waals surface area contributed by atoms with Gasteiger partial charge in [0.1, 0.15) is 0 Å². The molecule has 0 amide bonds. The molecule has 0 saturated heterocycles. The molecular formula is CH5AlO3Si. The third kappa shape index (κ3) is 97900. The summed E-state index contributed by atoms with van der Waals surface area (Å²) in [5.74, 6) is 0. The maximum atomic E-state index is 8.56. The molecule has 0 spiro atoms. The van der Waals surface area contributed by atoms with Crippen molar-refractivity contribution in [1.29, 1.82) is 0 Å². The lowest BCUT2D eigenvalue weighted by molar-refractivity contribution is 0.137. The maximum absolute atomic E-state index is 8.56. The van der Waals surface area contributed by atoms with E-state index >= 15 is 0 Å². The first-order chi connectivity index (χ1) is 1.73. The van der Waals surface area contributed by atoms with Crippen molar-refractivity contribution in [3.05, 3.63) is 0 Å². The SMILES string of the molecule is O=C(O)O.[AlH3].[Si]. The molecule has 0 aromatic carbocycles. The van der Waals surface area contributed by atoms with Crippen molar-refractivity contribution in [2.45, 2.75) is 0 Å². The number of carboxylic acid groups (broad SMARTS) is 2. The first-order valence-electron chi connectivity index (χ1n) is 0.651. The van der Waals surface area contributed by atoms with E-state index < -0.39 is 6.16 Å². The van der Waals surface area contributed by atoms with Crippen LogP contribution in [0, 0.1) is 0 Å². The van der Waals surface area contributed by atoms with E-state index in [9.17, 15) is 0 Å². The van der Waals surface area contributed by atoms with Crippen LogP contribution in [0.15, 0.2) is 0 Å². The lowest BCUT2D eigenvalue weighted by Gasteiger charge is -1.60. The van der Waals surface area contributed by atoms with Crippen molar-refractivity contribution < 1.29 is 15.0 Å². The molecule has 0 atom stereocenters. The van der Waals surface area contributed by atoms with Gasteiger partial charge in [0, 0.05) is 11.0 Å². The molecule has 0 rings (SSSR count). The second-order valence-electron chi connectivity index (χ2n) is 0.283. The Morgan fingerprint density at radius 3 is 1.33 bits per heavy atom. The molecule has 0 bridgehead atoms. The average molecular weight is 120 g/mol. The predicted octanol–water partition coefficient (Wildman–Crippen LogP) is -1.34. The number of rotatable bonds is 0. The van der Waals surface area contributed by atoms with Gasteiger partial charge in [-0.1, -0.05) is 0 Å². The molecule has 0 heterocycles. The van der Waals surface area contributed by atoms with E-state index in [0.717, 1.165) is 0 Å². The summed E-state index contributed by atoms with van der Waals surface area (Å²) in [5.41, 5.74) is 0. The van der Waals surface area contributed by atoms with Gasteiger partial charge in [-0.25, -0.2) is 4.79 Å². The largest absolute Gasteiger partial charge is 0.503 e. The fraction of sp³-hybridized carbons (Fsp3) is 0. The van der Waals surface area contributed by atoms with E-state index in [1.807, 2.05) is 0 Å². The quantitative estimate of drug-likeness (QED) is 0.389. The monoisotopic (exact) mass is 120 g/mol. The highest BCUT2D eigenvalue weighted by Crippen LogP contribution is 1.42. The molecule has 0 aliphatic heterocycles. The van der Waals surface area contributed by atoms with Gasteiger partial charge >= 0.3 is 6.16 Å². The lowest BCUT2D eigenvalue weighted by Crippen LogP contribution is -1.81. The van der Waals surface area contributed by atoms with Gasteiger partial charge < -0.3 is 10.2 Å². The Kier molecular flexibility index (Phi) is 24.7. The minimum atomic E-state index is -1.83. The molecule has 34 valence electrons. The highest BCUT2D eigenvalue weighted by atomic mass is 28.1. The Morgan fingerprint density at radius 1 is 1.33 bits per heavy atom. The van der Waals surface area contributed by atoms with Crippen LogP contribution < -0.4 is 0 Å². The van der Waals surface area contributed by atoms with Crippen LogP contribution in [0.25, 0.3) is 0 Å². The number of hydrogen-bond donors (Lipinski definition) is 2. The van der Waals surface area contributed by atoms with E-state index in [4.69, 9.17) is 15.0 Å². The average Bonchev–Trinajstić information content (AvgIpc) is 0.811. The van der Waals surface area contributed by atoms with E-state index in [1.165, 1.54) is 0 Å². The van der Waals surface area contributed by atoms with Crippen LogP contribution in [0.1, 0.15) is 0 Å². The summed E-state index contributed by atoms with van der Waals surface area (Å²) >= 11 is 0. The molecule has 6 heavy (non-hydrogen) atoms. The van der Waals surface area contributed by atoms with Crippen LogP contribution in [0.2, 0.25) is 0 Å². The first-order valence-corrected chi connectivity index (χ1v) is 0.651. The van der Waals surface area contributed by atoms with Crippen molar-refractivity contribution in [2.75, 3.05) is 0 Å². The van der Waals surface area contributed by atoms with Gasteiger partial charge in [0.05, 0.1) is 0 Å². The minimum Gasteiger partial charge on any atom is -0.450 e. The number of carbonyl (C=O) groups is 1.